The monoisotopic (exact) mass is 402 g/mol. The highest BCUT2D eigenvalue weighted by atomic mass is 16.5. The predicted molar refractivity (Wildman–Crippen MR) is 115 cm³/mol. The van der Waals surface area contributed by atoms with Crippen LogP contribution in [0.4, 0.5) is 11.4 Å². The topological polar surface area (TPSA) is 59.1 Å². The molecule has 4 rings (SSSR count). The van der Waals surface area contributed by atoms with Gasteiger partial charge in [0.05, 0.1) is 19.9 Å². The maximum atomic E-state index is 13.7. The number of ether oxygens (including phenoxy) is 2. The third-order valence-corrected chi connectivity index (χ3v) is 5.16. The van der Waals surface area contributed by atoms with Gasteiger partial charge in [0.15, 0.2) is 0 Å². The summed E-state index contributed by atoms with van der Waals surface area (Å²) in [7, 11) is 3.13. The quantitative estimate of drug-likeness (QED) is 0.651. The third kappa shape index (κ3) is 3.48. The Kier molecular flexibility index (Phi) is 5.39. The lowest BCUT2D eigenvalue weighted by molar-refractivity contribution is -0.128. The standard InChI is InChI=1S/C24H22N2O4/c1-29-19-14-12-18(13-15-19)26-22(27)16-25(20-10-6-7-11-21(20)30-2)24(28)23(26)17-8-4-3-5-9-17/h3-15,23H,16H2,1-2H3/t23-/m0/s1. The van der Waals surface area contributed by atoms with Gasteiger partial charge in [-0.15, -0.1) is 0 Å². The van der Waals surface area contributed by atoms with Crippen LogP contribution in [-0.2, 0) is 9.59 Å². The SMILES string of the molecule is COc1ccc(N2C(=O)CN(c3ccccc3OC)C(=O)[C@@H]2c2ccccc2)cc1. The van der Waals surface area contributed by atoms with Crippen molar-refractivity contribution in [3.05, 3.63) is 84.4 Å². The van der Waals surface area contributed by atoms with Crippen LogP contribution in [0.5, 0.6) is 11.5 Å². The van der Waals surface area contributed by atoms with Crippen LogP contribution >= 0.6 is 0 Å². The maximum Gasteiger partial charge on any atom is 0.255 e. The van der Waals surface area contributed by atoms with E-state index in [-0.39, 0.29) is 18.4 Å². The number of benzene rings is 3. The predicted octanol–water partition coefficient (Wildman–Crippen LogP) is 3.82. The highest BCUT2D eigenvalue weighted by Gasteiger charge is 2.42. The first-order valence-electron chi connectivity index (χ1n) is 9.59. The number of piperazine rings is 1. The molecule has 1 heterocycles. The molecule has 30 heavy (non-hydrogen) atoms. The number of anilines is 2. The molecule has 1 aliphatic rings. The molecular formula is C24H22N2O4. The molecule has 1 saturated heterocycles. The zero-order valence-corrected chi connectivity index (χ0v) is 16.8. The number of nitrogens with zero attached hydrogens (tertiary/aromatic N) is 2. The molecule has 0 aromatic heterocycles. The van der Waals surface area contributed by atoms with E-state index in [1.807, 2.05) is 42.5 Å². The van der Waals surface area contributed by atoms with E-state index in [0.29, 0.717) is 22.9 Å². The first-order valence-corrected chi connectivity index (χ1v) is 9.59. The van der Waals surface area contributed by atoms with Crippen LogP contribution < -0.4 is 19.3 Å². The normalized spacial score (nSPS) is 16.5. The molecule has 6 nitrogen and oxygen atoms in total. The van der Waals surface area contributed by atoms with E-state index >= 15 is 0 Å². The fourth-order valence-corrected chi connectivity index (χ4v) is 3.71. The average Bonchev–Trinajstić information content (AvgIpc) is 2.80. The minimum atomic E-state index is -0.786. The summed E-state index contributed by atoms with van der Waals surface area (Å²) in [5.41, 5.74) is 1.96. The highest BCUT2D eigenvalue weighted by molar-refractivity contribution is 6.15. The van der Waals surface area contributed by atoms with Crippen molar-refractivity contribution in [1.29, 1.82) is 0 Å². The Bertz CT molecular complexity index is 1050. The van der Waals surface area contributed by atoms with Gasteiger partial charge in [0.25, 0.3) is 5.91 Å². The first kappa shape index (κ1) is 19.5. The minimum Gasteiger partial charge on any atom is -0.497 e. The molecule has 152 valence electrons. The van der Waals surface area contributed by atoms with Gasteiger partial charge in [-0.1, -0.05) is 42.5 Å². The Hall–Kier alpha value is -3.80. The summed E-state index contributed by atoms with van der Waals surface area (Å²) in [5, 5.41) is 0. The molecule has 0 unspecified atom stereocenters. The fourth-order valence-electron chi connectivity index (χ4n) is 3.71. The van der Waals surface area contributed by atoms with Gasteiger partial charge in [-0.3, -0.25) is 19.4 Å². The van der Waals surface area contributed by atoms with Crippen molar-refractivity contribution in [2.45, 2.75) is 6.04 Å². The smallest absolute Gasteiger partial charge is 0.255 e. The molecule has 1 fully saturated rings. The summed E-state index contributed by atoms with van der Waals surface area (Å²) < 4.78 is 10.7. The molecule has 0 N–H and O–H groups in total. The zero-order valence-electron chi connectivity index (χ0n) is 16.8. The van der Waals surface area contributed by atoms with Crippen LogP contribution in [0.25, 0.3) is 0 Å². The van der Waals surface area contributed by atoms with Crippen molar-refractivity contribution in [3.63, 3.8) is 0 Å². The molecule has 3 aromatic carbocycles. The summed E-state index contributed by atoms with van der Waals surface area (Å²) >= 11 is 0. The summed E-state index contributed by atoms with van der Waals surface area (Å²) in [4.78, 5) is 30.1. The van der Waals surface area contributed by atoms with E-state index in [1.165, 1.54) is 4.90 Å². The van der Waals surface area contributed by atoms with Crippen molar-refractivity contribution in [2.24, 2.45) is 0 Å². The Balaban J connectivity index is 1.80. The van der Waals surface area contributed by atoms with Gasteiger partial charge in [-0.2, -0.15) is 0 Å². The van der Waals surface area contributed by atoms with Crippen molar-refractivity contribution in [1.82, 2.24) is 0 Å². The van der Waals surface area contributed by atoms with Crippen LogP contribution in [0.2, 0.25) is 0 Å². The Morgan fingerprint density at radius 2 is 1.47 bits per heavy atom. The summed E-state index contributed by atoms with van der Waals surface area (Å²) in [6, 6.07) is 22.9. The average molecular weight is 402 g/mol. The first-order chi connectivity index (χ1) is 14.6. The number of carbonyl (C=O) groups excluding carboxylic acids is 2. The second kappa shape index (κ2) is 8.29. The van der Waals surface area contributed by atoms with Crippen molar-refractivity contribution in [3.8, 4) is 11.5 Å². The van der Waals surface area contributed by atoms with Gasteiger partial charge >= 0.3 is 0 Å². The lowest BCUT2D eigenvalue weighted by atomic mass is 9.99. The van der Waals surface area contributed by atoms with Gasteiger partial charge in [-0.05, 0) is 42.0 Å². The van der Waals surface area contributed by atoms with Crippen LogP contribution in [0.3, 0.4) is 0 Å². The fraction of sp³-hybridized carbons (Fsp3) is 0.167. The zero-order chi connectivity index (χ0) is 21.1. The maximum absolute atomic E-state index is 13.7. The number of methoxy groups -OCH3 is 2. The Labute approximate surface area is 175 Å². The second-order valence-corrected chi connectivity index (χ2v) is 6.87. The number of hydrogen-bond donors (Lipinski definition) is 0. The number of amides is 2. The van der Waals surface area contributed by atoms with Gasteiger partial charge < -0.3 is 9.47 Å². The number of hydrogen-bond acceptors (Lipinski definition) is 4. The molecule has 1 aliphatic heterocycles. The van der Waals surface area contributed by atoms with Crippen LogP contribution in [-0.4, -0.2) is 32.6 Å². The molecule has 2 amide bonds. The second-order valence-electron chi connectivity index (χ2n) is 6.87. The van der Waals surface area contributed by atoms with Crippen LogP contribution in [0.15, 0.2) is 78.9 Å². The molecule has 0 radical (unpaired) electrons. The molecule has 0 bridgehead atoms. The Morgan fingerprint density at radius 1 is 0.800 bits per heavy atom. The molecule has 1 atom stereocenters. The van der Waals surface area contributed by atoms with E-state index in [0.717, 1.165) is 5.56 Å². The molecule has 0 saturated carbocycles. The Morgan fingerprint density at radius 3 is 2.13 bits per heavy atom. The van der Waals surface area contributed by atoms with E-state index in [9.17, 15) is 9.59 Å². The number of rotatable bonds is 5. The van der Waals surface area contributed by atoms with Crippen LogP contribution in [0.1, 0.15) is 11.6 Å². The third-order valence-electron chi connectivity index (χ3n) is 5.16. The summed E-state index contributed by atoms with van der Waals surface area (Å²) in [6.07, 6.45) is 0. The van der Waals surface area contributed by atoms with E-state index in [2.05, 4.69) is 0 Å². The van der Waals surface area contributed by atoms with Gasteiger partial charge in [0, 0.05) is 5.69 Å². The summed E-state index contributed by atoms with van der Waals surface area (Å²) in [6.45, 7) is -0.0748. The highest BCUT2D eigenvalue weighted by Crippen LogP contribution is 2.37. The lowest BCUT2D eigenvalue weighted by Crippen LogP contribution is -2.56. The molecule has 6 heteroatoms. The molecule has 0 spiro atoms. The summed E-state index contributed by atoms with van der Waals surface area (Å²) in [5.74, 6) is 0.852. The largest absolute Gasteiger partial charge is 0.497 e. The lowest BCUT2D eigenvalue weighted by Gasteiger charge is -2.40. The van der Waals surface area contributed by atoms with Crippen LogP contribution in [0, 0.1) is 0 Å². The van der Waals surface area contributed by atoms with Crippen molar-refractivity contribution < 1.29 is 19.1 Å². The number of carbonyl (C=O) groups is 2. The molecule has 3 aromatic rings. The van der Waals surface area contributed by atoms with E-state index in [4.69, 9.17) is 9.47 Å². The molecular weight excluding hydrogens is 380 g/mol. The van der Waals surface area contributed by atoms with Gasteiger partial charge in [-0.25, -0.2) is 0 Å². The number of para-hydroxylation sites is 2. The van der Waals surface area contributed by atoms with Crippen molar-refractivity contribution >= 4 is 23.2 Å². The van der Waals surface area contributed by atoms with E-state index < -0.39 is 6.04 Å². The van der Waals surface area contributed by atoms with E-state index in [1.54, 1.807) is 55.5 Å². The molecule has 0 aliphatic carbocycles. The minimum absolute atomic E-state index is 0.0748. The van der Waals surface area contributed by atoms with Gasteiger partial charge in [0.2, 0.25) is 5.91 Å². The van der Waals surface area contributed by atoms with Gasteiger partial charge in [0.1, 0.15) is 24.1 Å². The van der Waals surface area contributed by atoms with Crippen molar-refractivity contribution in [2.75, 3.05) is 30.6 Å².